The maximum absolute atomic E-state index is 6.03. The minimum atomic E-state index is -0.0885. The molecule has 0 amide bonds. The number of pyridine rings is 1. The van der Waals surface area contributed by atoms with E-state index in [1.807, 2.05) is 13.0 Å². The highest BCUT2D eigenvalue weighted by Crippen LogP contribution is 2.32. The Bertz CT molecular complexity index is 523. The van der Waals surface area contributed by atoms with Crippen LogP contribution in [-0.2, 0) is 11.8 Å². The number of fused-ring (bicyclic) bond motifs is 1. The Morgan fingerprint density at radius 2 is 2.06 bits per heavy atom. The van der Waals surface area contributed by atoms with E-state index in [9.17, 15) is 0 Å². The molecular weight excluding hydrogens is 202 g/mol. The molecule has 0 saturated carbocycles. The molecule has 0 aliphatic rings. The van der Waals surface area contributed by atoms with Gasteiger partial charge in [0.1, 0.15) is 5.69 Å². The lowest BCUT2D eigenvalue weighted by molar-refractivity contribution is 0.414. The van der Waals surface area contributed by atoms with E-state index in [1.165, 1.54) is 0 Å². The third-order valence-corrected chi connectivity index (χ3v) is 2.60. The van der Waals surface area contributed by atoms with Gasteiger partial charge in [0.25, 0.3) is 5.71 Å². The fourth-order valence-corrected chi connectivity index (χ4v) is 1.73. The van der Waals surface area contributed by atoms with Gasteiger partial charge in [0.05, 0.1) is 5.39 Å². The van der Waals surface area contributed by atoms with Crippen LogP contribution in [0, 0.1) is 0 Å². The van der Waals surface area contributed by atoms with Gasteiger partial charge in [-0.2, -0.15) is 0 Å². The van der Waals surface area contributed by atoms with Gasteiger partial charge < -0.3 is 10.3 Å². The van der Waals surface area contributed by atoms with Crippen molar-refractivity contribution in [3.63, 3.8) is 0 Å². The monoisotopic (exact) mass is 219 g/mol. The van der Waals surface area contributed by atoms with Crippen molar-refractivity contribution < 1.29 is 4.52 Å². The molecule has 2 N–H and O–H groups in total. The van der Waals surface area contributed by atoms with Crippen LogP contribution >= 0.6 is 0 Å². The number of nitrogens with zero attached hydrogens (tertiary/aromatic N) is 2. The molecule has 0 fully saturated rings. The topological polar surface area (TPSA) is 64.9 Å². The summed E-state index contributed by atoms with van der Waals surface area (Å²) in [5.41, 5.74) is 8.99. The van der Waals surface area contributed by atoms with Gasteiger partial charge in [0.2, 0.25) is 0 Å². The first-order valence-electron chi connectivity index (χ1n) is 5.48. The smallest absolute Gasteiger partial charge is 0.260 e. The normalized spacial score (nSPS) is 12.2. The Morgan fingerprint density at radius 1 is 1.38 bits per heavy atom. The summed E-state index contributed by atoms with van der Waals surface area (Å²) >= 11 is 0. The molecule has 2 aromatic rings. The van der Waals surface area contributed by atoms with Gasteiger partial charge in [-0.15, -0.1) is 0 Å². The number of anilines is 1. The molecule has 0 saturated heterocycles. The van der Waals surface area contributed by atoms with Crippen molar-refractivity contribution >= 4 is 16.8 Å². The maximum Gasteiger partial charge on any atom is 0.260 e. The lowest BCUT2D eigenvalue weighted by Crippen LogP contribution is -2.12. The number of aromatic nitrogens is 2. The van der Waals surface area contributed by atoms with Crippen molar-refractivity contribution in [2.45, 2.75) is 39.5 Å². The third kappa shape index (κ3) is 1.64. The molecule has 0 aliphatic heterocycles. The van der Waals surface area contributed by atoms with Crippen LogP contribution in [0.1, 0.15) is 39.1 Å². The number of aryl methyl sites for hydroxylation is 1. The van der Waals surface area contributed by atoms with Crippen LogP contribution in [0.5, 0.6) is 0 Å². The summed E-state index contributed by atoms with van der Waals surface area (Å²) in [6.45, 7) is 8.28. The van der Waals surface area contributed by atoms with Crippen molar-refractivity contribution in [2.24, 2.45) is 0 Å². The quantitative estimate of drug-likeness (QED) is 0.800. The maximum atomic E-state index is 6.03. The lowest BCUT2D eigenvalue weighted by atomic mass is 9.90. The van der Waals surface area contributed by atoms with Crippen LogP contribution in [-0.4, -0.2) is 10.1 Å². The number of rotatable bonds is 1. The van der Waals surface area contributed by atoms with E-state index in [1.54, 1.807) is 0 Å². The highest BCUT2D eigenvalue weighted by atomic mass is 16.5. The van der Waals surface area contributed by atoms with E-state index in [2.05, 4.69) is 30.9 Å². The van der Waals surface area contributed by atoms with Crippen molar-refractivity contribution in [1.82, 2.24) is 10.1 Å². The molecule has 4 heteroatoms. The Hall–Kier alpha value is -1.58. The molecule has 0 aliphatic carbocycles. The molecule has 4 nitrogen and oxygen atoms in total. The van der Waals surface area contributed by atoms with Crippen LogP contribution in [0.25, 0.3) is 11.1 Å². The zero-order chi connectivity index (χ0) is 11.9. The molecule has 0 radical (unpaired) electrons. The number of nitrogen functional groups attached to an aromatic ring is 1. The third-order valence-electron chi connectivity index (χ3n) is 2.60. The Morgan fingerprint density at radius 3 is 2.62 bits per heavy atom. The summed E-state index contributed by atoms with van der Waals surface area (Å²) in [6.07, 6.45) is 0.839. The molecule has 0 bridgehead atoms. The molecule has 0 aromatic carbocycles. The molecule has 0 spiro atoms. The zero-order valence-electron chi connectivity index (χ0n) is 10.2. The summed E-state index contributed by atoms with van der Waals surface area (Å²) in [4.78, 5) is 4.38. The fourth-order valence-electron chi connectivity index (χ4n) is 1.73. The molecule has 86 valence electrons. The molecule has 0 unspecified atom stereocenters. The predicted octanol–water partition coefficient (Wildman–Crippen LogP) is 2.66. The van der Waals surface area contributed by atoms with E-state index >= 15 is 0 Å². The minimum Gasteiger partial charge on any atom is -0.398 e. The van der Waals surface area contributed by atoms with Crippen LogP contribution < -0.4 is 5.73 Å². The van der Waals surface area contributed by atoms with Crippen LogP contribution in [0.3, 0.4) is 0 Å². The van der Waals surface area contributed by atoms with Gasteiger partial charge in [-0.1, -0.05) is 32.9 Å². The van der Waals surface area contributed by atoms with E-state index in [0.29, 0.717) is 11.4 Å². The van der Waals surface area contributed by atoms with Gasteiger partial charge in [-0.05, 0) is 12.5 Å². The van der Waals surface area contributed by atoms with Crippen LogP contribution in [0.15, 0.2) is 10.6 Å². The lowest BCUT2D eigenvalue weighted by Gasteiger charge is -2.14. The van der Waals surface area contributed by atoms with Gasteiger partial charge in [0.15, 0.2) is 0 Å². The average molecular weight is 219 g/mol. The Labute approximate surface area is 94.8 Å². The Balaban J connectivity index is 2.74. The van der Waals surface area contributed by atoms with Crippen molar-refractivity contribution in [3.05, 3.63) is 17.5 Å². The Kier molecular flexibility index (Phi) is 2.37. The van der Waals surface area contributed by atoms with Gasteiger partial charge >= 0.3 is 0 Å². The van der Waals surface area contributed by atoms with E-state index in [4.69, 9.17) is 10.3 Å². The number of hydrogen-bond acceptors (Lipinski definition) is 4. The molecule has 16 heavy (non-hydrogen) atoms. The van der Waals surface area contributed by atoms with Gasteiger partial charge in [-0.3, -0.25) is 0 Å². The summed E-state index contributed by atoms with van der Waals surface area (Å²) in [5.74, 6) is 0. The molecule has 2 aromatic heterocycles. The van der Waals surface area contributed by atoms with Crippen LogP contribution in [0.4, 0.5) is 5.69 Å². The minimum absolute atomic E-state index is 0.0885. The zero-order valence-corrected chi connectivity index (χ0v) is 10.2. The van der Waals surface area contributed by atoms with Crippen LogP contribution in [0.2, 0.25) is 0 Å². The van der Waals surface area contributed by atoms with E-state index < -0.39 is 0 Å². The second kappa shape index (κ2) is 3.47. The highest BCUT2D eigenvalue weighted by Gasteiger charge is 2.24. The van der Waals surface area contributed by atoms with Gasteiger partial charge in [-0.25, -0.2) is 4.98 Å². The number of hydrogen-bond donors (Lipinski definition) is 1. The summed E-state index contributed by atoms with van der Waals surface area (Å²) in [5, 5.41) is 4.94. The highest BCUT2D eigenvalue weighted by molar-refractivity contribution is 5.89. The van der Waals surface area contributed by atoms with E-state index in [-0.39, 0.29) is 5.41 Å². The summed E-state index contributed by atoms with van der Waals surface area (Å²) in [6, 6.07) is 1.90. The summed E-state index contributed by atoms with van der Waals surface area (Å²) < 4.78 is 5.26. The SMILES string of the molecule is CCc1cc(N)c2c(C(C)(C)C)noc2n1. The average Bonchev–Trinajstić information content (AvgIpc) is 2.60. The van der Waals surface area contributed by atoms with Crippen molar-refractivity contribution in [1.29, 1.82) is 0 Å². The molecular formula is C12H17N3O. The first-order chi connectivity index (χ1) is 7.43. The standard InChI is InChI=1S/C12H17N3O/c1-5-7-6-8(13)9-10(12(2,3)4)15-16-11(9)14-7/h6H,5H2,1-4H3,(H2,13,14). The fraction of sp³-hybridized carbons (Fsp3) is 0.500. The molecule has 2 heterocycles. The van der Waals surface area contributed by atoms with Crippen molar-refractivity contribution in [2.75, 3.05) is 5.73 Å². The van der Waals surface area contributed by atoms with Crippen molar-refractivity contribution in [3.8, 4) is 0 Å². The second-order valence-electron chi connectivity index (χ2n) is 5.02. The molecule has 0 atom stereocenters. The predicted molar refractivity (Wildman–Crippen MR) is 64.3 cm³/mol. The second-order valence-corrected chi connectivity index (χ2v) is 5.02. The van der Waals surface area contributed by atoms with Gasteiger partial charge in [0, 0.05) is 16.8 Å². The first-order valence-corrected chi connectivity index (χ1v) is 5.48. The van der Waals surface area contributed by atoms with E-state index in [0.717, 1.165) is 23.2 Å². The largest absolute Gasteiger partial charge is 0.398 e. The number of nitrogens with two attached hydrogens (primary N) is 1. The summed E-state index contributed by atoms with van der Waals surface area (Å²) in [7, 11) is 0. The first kappa shape index (κ1) is 10.9. The molecule has 2 rings (SSSR count).